The number of rotatable bonds is 4. The predicted molar refractivity (Wildman–Crippen MR) is 64.0 cm³/mol. The van der Waals surface area contributed by atoms with Gasteiger partial charge in [0.05, 0.1) is 6.61 Å². The van der Waals surface area contributed by atoms with Gasteiger partial charge in [0.2, 0.25) is 5.91 Å². The summed E-state index contributed by atoms with van der Waals surface area (Å²) in [6.45, 7) is 4.75. The third-order valence-corrected chi connectivity index (χ3v) is 3.44. The van der Waals surface area contributed by atoms with Crippen molar-refractivity contribution in [1.29, 1.82) is 0 Å². The van der Waals surface area contributed by atoms with Crippen molar-refractivity contribution in [3.05, 3.63) is 0 Å². The summed E-state index contributed by atoms with van der Waals surface area (Å²) in [6.07, 6.45) is 3.44. The summed E-state index contributed by atoms with van der Waals surface area (Å²) >= 11 is 0. The summed E-state index contributed by atoms with van der Waals surface area (Å²) in [5.41, 5.74) is 5.68. The molecule has 0 heterocycles. The van der Waals surface area contributed by atoms with Gasteiger partial charge in [-0.05, 0) is 31.1 Å². The van der Waals surface area contributed by atoms with Crippen LogP contribution < -0.4 is 11.1 Å². The maximum Gasteiger partial charge on any atom is 0.239 e. The summed E-state index contributed by atoms with van der Waals surface area (Å²) in [5, 5.41) is 3.03. The second kappa shape index (κ2) is 6.21. The molecule has 1 saturated carbocycles. The lowest BCUT2D eigenvalue weighted by Crippen LogP contribution is -2.50. The molecular weight excluding hydrogens is 204 g/mol. The molecule has 4 heteroatoms. The zero-order valence-corrected chi connectivity index (χ0v) is 10.5. The highest BCUT2D eigenvalue weighted by Crippen LogP contribution is 2.28. The number of methoxy groups -OCH3 is 1. The van der Waals surface area contributed by atoms with Crippen LogP contribution in [0.2, 0.25) is 0 Å². The average molecular weight is 228 g/mol. The lowest BCUT2D eigenvalue weighted by molar-refractivity contribution is -0.124. The number of amides is 1. The highest BCUT2D eigenvalue weighted by Gasteiger charge is 2.27. The van der Waals surface area contributed by atoms with Crippen LogP contribution in [0.5, 0.6) is 0 Å². The standard InChI is InChI=1S/C12H24N2O2/c1-8-4-5-11(9(2)6-8)14-12(15)10(13)7-16-3/h8-11H,4-7,13H2,1-3H3,(H,14,15). The highest BCUT2D eigenvalue weighted by atomic mass is 16.5. The molecule has 1 fully saturated rings. The van der Waals surface area contributed by atoms with Gasteiger partial charge in [0, 0.05) is 13.2 Å². The molecule has 0 aromatic rings. The number of hydrogen-bond acceptors (Lipinski definition) is 3. The van der Waals surface area contributed by atoms with Crippen LogP contribution in [0.3, 0.4) is 0 Å². The summed E-state index contributed by atoms with van der Waals surface area (Å²) in [6, 6.07) is -0.261. The van der Waals surface area contributed by atoms with Crippen LogP contribution >= 0.6 is 0 Å². The first-order valence-electron chi connectivity index (χ1n) is 6.09. The van der Waals surface area contributed by atoms with Gasteiger partial charge in [0.15, 0.2) is 0 Å². The number of hydrogen-bond donors (Lipinski definition) is 2. The molecule has 1 rings (SSSR count). The zero-order chi connectivity index (χ0) is 12.1. The molecule has 1 amide bonds. The summed E-state index contributed by atoms with van der Waals surface area (Å²) in [7, 11) is 1.55. The molecular formula is C12H24N2O2. The van der Waals surface area contributed by atoms with E-state index >= 15 is 0 Å². The van der Waals surface area contributed by atoms with E-state index < -0.39 is 6.04 Å². The van der Waals surface area contributed by atoms with Gasteiger partial charge in [0.1, 0.15) is 6.04 Å². The Morgan fingerprint density at radius 3 is 2.75 bits per heavy atom. The van der Waals surface area contributed by atoms with Crippen molar-refractivity contribution in [1.82, 2.24) is 5.32 Å². The van der Waals surface area contributed by atoms with Crippen LogP contribution in [-0.2, 0) is 9.53 Å². The largest absolute Gasteiger partial charge is 0.383 e. The minimum absolute atomic E-state index is 0.0896. The van der Waals surface area contributed by atoms with E-state index in [0.29, 0.717) is 5.92 Å². The Balaban J connectivity index is 2.38. The van der Waals surface area contributed by atoms with Crippen molar-refractivity contribution in [3.8, 4) is 0 Å². The second-order valence-electron chi connectivity index (χ2n) is 5.07. The van der Waals surface area contributed by atoms with Gasteiger partial charge in [-0.1, -0.05) is 13.8 Å². The van der Waals surface area contributed by atoms with Crippen molar-refractivity contribution in [3.63, 3.8) is 0 Å². The minimum atomic E-state index is -0.545. The number of carbonyl (C=O) groups excluding carboxylic acids is 1. The third kappa shape index (κ3) is 3.76. The lowest BCUT2D eigenvalue weighted by atomic mass is 9.80. The normalized spacial score (nSPS) is 32.1. The van der Waals surface area contributed by atoms with Gasteiger partial charge in [-0.2, -0.15) is 0 Å². The fraction of sp³-hybridized carbons (Fsp3) is 0.917. The summed E-state index contributed by atoms with van der Waals surface area (Å²) < 4.78 is 4.87. The molecule has 0 saturated heterocycles. The number of nitrogens with one attached hydrogen (secondary N) is 1. The van der Waals surface area contributed by atoms with Crippen LogP contribution in [0.4, 0.5) is 0 Å². The van der Waals surface area contributed by atoms with E-state index in [1.807, 2.05) is 0 Å². The van der Waals surface area contributed by atoms with Gasteiger partial charge in [-0.3, -0.25) is 4.79 Å². The first kappa shape index (κ1) is 13.5. The van der Waals surface area contributed by atoms with Gasteiger partial charge in [0.25, 0.3) is 0 Å². The molecule has 0 bridgehead atoms. The van der Waals surface area contributed by atoms with E-state index in [-0.39, 0.29) is 18.6 Å². The van der Waals surface area contributed by atoms with Crippen LogP contribution in [0.15, 0.2) is 0 Å². The molecule has 4 atom stereocenters. The van der Waals surface area contributed by atoms with E-state index in [1.165, 1.54) is 12.8 Å². The molecule has 1 aliphatic rings. The summed E-state index contributed by atoms with van der Waals surface area (Å²) in [5.74, 6) is 1.23. The topological polar surface area (TPSA) is 64.3 Å². The zero-order valence-electron chi connectivity index (χ0n) is 10.5. The molecule has 0 aliphatic heterocycles. The fourth-order valence-electron chi connectivity index (χ4n) is 2.42. The molecule has 3 N–H and O–H groups in total. The van der Waals surface area contributed by atoms with Gasteiger partial charge < -0.3 is 15.8 Å². The van der Waals surface area contributed by atoms with Crippen molar-refractivity contribution in [2.75, 3.05) is 13.7 Å². The van der Waals surface area contributed by atoms with Crippen LogP contribution in [0.25, 0.3) is 0 Å². The molecule has 94 valence electrons. The summed E-state index contributed by atoms with van der Waals surface area (Å²) in [4.78, 5) is 11.7. The fourth-order valence-corrected chi connectivity index (χ4v) is 2.42. The van der Waals surface area contributed by atoms with Crippen LogP contribution in [0, 0.1) is 11.8 Å². The lowest BCUT2D eigenvalue weighted by Gasteiger charge is -2.33. The molecule has 0 radical (unpaired) electrons. The van der Waals surface area contributed by atoms with Crippen molar-refractivity contribution in [2.45, 2.75) is 45.2 Å². The van der Waals surface area contributed by atoms with Crippen molar-refractivity contribution < 1.29 is 9.53 Å². The quantitative estimate of drug-likeness (QED) is 0.751. The Hall–Kier alpha value is -0.610. The number of carbonyl (C=O) groups is 1. The second-order valence-corrected chi connectivity index (χ2v) is 5.07. The smallest absolute Gasteiger partial charge is 0.239 e. The Morgan fingerprint density at radius 1 is 1.50 bits per heavy atom. The van der Waals surface area contributed by atoms with Crippen molar-refractivity contribution >= 4 is 5.91 Å². The minimum Gasteiger partial charge on any atom is -0.383 e. The van der Waals surface area contributed by atoms with Crippen LogP contribution in [0.1, 0.15) is 33.1 Å². The van der Waals surface area contributed by atoms with Gasteiger partial charge in [-0.15, -0.1) is 0 Å². The third-order valence-electron chi connectivity index (χ3n) is 3.44. The Morgan fingerprint density at radius 2 is 2.19 bits per heavy atom. The predicted octanol–water partition coefficient (Wildman–Crippen LogP) is 0.901. The Kier molecular flexibility index (Phi) is 5.22. The molecule has 1 aliphatic carbocycles. The molecule has 4 nitrogen and oxygen atoms in total. The Bertz CT molecular complexity index is 233. The Labute approximate surface area is 97.9 Å². The van der Waals surface area contributed by atoms with E-state index in [2.05, 4.69) is 19.2 Å². The van der Waals surface area contributed by atoms with Gasteiger partial charge >= 0.3 is 0 Å². The first-order chi connectivity index (χ1) is 7.54. The molecule has 4 unspecified atom stereocenters. The van der Waals surface area contributed by atoms with Crippen LogP contribution in [-0.4, -0.2) is 31.7 Å². The number of ether oxygens (including phenoxy) is 1. The van der Waals surface area contributed by atoms with Gasteiger partial charge in [-0.25, -0.2) is 0 Å². The van der Waals surface area contributed by atoms with Crippen molar-refractivity contribution in [2.24, 2.45) is 17.6 Å². The van der Waals surface area contributed by atoms with E-state index in [9.17, 15) is 4.79 Å². The van der Waals surface area contributed by atoms with E-state index in [1.54, 1.807) is 7.11 Å². The van der Waals surface area contributed by atoms with E-state index in [0.717, 1.165) is 12.3 Å². The SMILES string of the molecule is COCC(N)C(=O)NC1CCC(C)CC1C. The number of nitrogens with two attached hydrogens (primary N) is 1. The maximum atomic E-state index is 11.7. The monoisotopic (exact) mass is 228 g/mol. The molecule has 0 aromatic heterocycles. The highest BCUT2D eigenvalue weighted by molar-refractivity contribution is 5.81. The molecule has 0 aromatic carbocycles. The van der Waals surface area contributed by atoms with E-state index in [4.69, 9.17) is 10.5 Å². The molecule has 0 spiro atoms. The first-order valence-corrected chi connectivity index (χ1v) is 6.09. The maximum absolute atomic E-state index is 11.7. The molecule has 16 heavy (non-hydrogen) atoms. The average Bonchev–Trinajstić information content (AvgIpc) is 2.22.